The summed E-state index contributed by atoms with van der Waals surface area (Å²) in [6.07, 6.45) is 0.532. The zero-order valence-electron chi connectivity index (χ0n) is 11.4. The number of hydrogen-bond donors (Lipinski definition) is 1. The number of nitrogens with two attached hydrogens (primary N) is 1. The van der Waals surface area contributed by atoms with Crippen LogP contribution in [0.15, 0.2) is 27.6 Å². The van der Waals surface area contributed by atoms with Crippen molar-refractivity contribution in [3.8, 4) is 12.1 Å². The molecule has 1 rings (SSSR count). The Morgan fingerprint density at radius 3 is 2.43 bits per heavy atom. The van der Waals surface area contributed by atoms with Crippen LogP contribution in [-0.2, 0) is 4.79 Å². The molecule has 1 aromatic rings. The molecule has 0 aliphatic rings. The third-order valence-electron chi connectivity index (χ3n) is 2.66. The molecule has 7 heteroatoms. The van der Waals surface area contributed by atoms with Gasteiger partial charge in [-0.3, -0.25) is 4.79 Å². The summed E-state index contributed by atoms with van der Waals surface area (Å²) < 4.78 is 0.889. The number of nitrogen functional groups attached to an aromatic ring is 1. The molecular weight excluding hydrogens is 352 g/mol. The number of thioether (sulfide) groups is 1. The van der Waals surface area contributed by atoms with Crippen LogP contribution in [-0.4, -0.2) is 29.6 Å². The van der Waals surface area contributed by atoms with Crippen molar-refractivity contribution >= 4 is 39.3 Å². The summed E-state index contributed by atoms with van der Waals surface area (Å²) in [4.78, 5) is 14.5. The molecule has 0 aliphatic carbocycles. The second-order valence-corrected chi connectivity index (χ2v) is 6.10. The third-order valence-corrected chi connectivity index (χ3v) is 4.23. The van der Waals surface area contributed by atoms with E-state index in [0.717, 1.165) is 9.37 Å². The second-order valence-electron chi connectivity index (χ2n) is 4.17. The smallest absolute Gasteiger partial charge is 0.232 e. The van der Waals surface area contributed by atoms with Crippen molar-refractivity contribution in [2.75, 3.05) is 24.6 Å². The van der Waals surface area contributed by atoms with Crippen molar-refractivity contribution in [2.24, 2.45) is 0 Å². The molecule has 1 amide bonds. The molecule has 0 radical (unpaired) electrons. The number of benzene rings is 1. The molecule has 0 atom stereocenters. The van der Waals surface area contributed by atoms with Crippen LogP contribution in [0.2, 0.25) is 0 Å². The van der Waals surface area contributed by atoms with E-state index in [0.29, 0.717) is 18.8 Å². The van der Waals surface area contributed by atoms with Crippen LogP contribution in [0.5, 0.6) is 0 Å². The third kappa shape index (κ3) is 6.07. The molecular formula is C14H15BrN4OS. The molecule has 0 aromatic heterocycles. The van der Waals surface area contributed by atoms with Crippen LogP contribution in [0, 0.1) is 22.7 Å². The quantitative estimate of drug-likeness (QED) is 0.591. The minimum absolute atomic E-state index is 0.0900. The van der Waals surface area contributed by atoms with E-state index in [9.17, 15) is 4.79 Å². The van der Waals surface area contributed by atoms with Crippen LogP contribution in [0.3, 0.4) is 0 Å². The van der Waals surface area contributed by atoms with E-state index in [1.807, 2.05) is 24.3 Å². The van der Waals surface area contributed by atoms with Crippen LogP contribution in [0.4, 0.5) is 5.69 Å². The van der Waals surface area contributed by atoms with Gasteiger partial charge in [0.2, 0.25) is 5.91 Å². The van der Waals surface area contributed by atoms with Crippen molar-refractivity contribution < 1.29 is 4.79 Å². The van der Waals surface area contributed by atoms with Crippen LogP contribution < -0.4 is 5.73 Å². The topological polar surface area (TPSA) is 93.9 Å². The van der Waals surface area contributed by atoms with Gasteiger partial charge in [0, 0.05) is 28.1 Å². The zero-order valence-corrected chi connectivity index (χ0v) is 13.8. The van der Waals surface area contributed by atoms with Gasteiger partial charge < -0.3 is 10.6 Å². The second kappa shape index (κ2) is 9.28. The van der Waals surface area contributed by atoms with Crippen LogP contribution in [0.25, 0.3) is 0 Å². The van der Waals surface area contributed by atoms with Gasteiger partial charge in [0.25, 0.3) is 0 Å². The lowest BCUT2D eigenvalue weighted by molar-refractivity contribution is -0.128. The molecule has 0 heterocycles. The maximum absolute atomic E-state index is 12.1. The molecule has 2 N–H and O–H groups in total. The Labute approximate surface area is 136 Å². The largest absolute Gasteiger partial charge is 0.398 e. The van der Waals surface area contributed by atoms with Crippen molar-refractivity contribution in [2.45, 2.75) is 17.7 Å². The zero-order chi connectivity index (χ0) is 15.7. The highest BCUT2D eigenvalue weighted by atomic mass is 79.9. The van der Waals surface area contributed by atoms with Gasteiger partial charge in [-0.15, -0.1) is 11.8 Å². The summed E-state index contributed by atoms with van der Waals surface area (Å²) >= 11 is 4.69. The molecule has 0 aliphatic heterocycles. The molecule has 0 saturated carbocycles. The van der Waals surface area contributed by atoms with E-state index in [-0.39, 0.29) is 24.5 Å². The lowest BCUT2D eigenvalue weighted by Gasteiger charge is -2.20. The number of carbonyl (C=O) groups is 1. The normalized spacial score (nSPS) is 9.67. The predicted molar refractivity (Wildman–Crippen MR) is 86.3 cm³/mol. The summed E-state index contributed by atoms with van der Waals surface area (Å²) in [5, 5.41) is 17.2. The van der Waals surface area contributed by atoms with Gasteiger partial charge in [-0.2, -0.15) is 10.5 Å². The lowest BCUT2D eigenvalue weighted by atomic mass is 10.3. The summed E-state index contributed by atoms with van der Waals surface area (Å²) in [6, 6.07) is 9.53. The first kappa shape index (κ1) is 17.4. The number of halogens is 1. The number of nitriles is 2. The first-order valence-electron chi connectivity index (χ1n) is 6.28. The number of hydrogen-bond acceptors (Lipinski definition) is 5. The summed E-state index contributed by atoms with van der Waals surface area (Å²) in [7, 11) is 0. The Bertz CT molecular complexity index is 561. The highest BCUT2D eigenvalue weighted by molar-refractivity contribution is 9.10. The molecule has 0 spiro atoms. The fourth-order valence-corrected chi connectivity index (χ4v) is 2.84. The molecule has 0 fully saturated rings. The van der Waals surface area contributed by atoms with E-state index >= 15 is 0 Å². The summed E-state index contributed by atoms with van der Waals surface area (Å²) in [5.41, 5.74) is 6.50. The van der Waals surface area contributed by atoms with Gasteiger partial charge in [-0.1, -0.05) is 15.9 Å². The fraction of sp³-hybridized carbons (Fsp3) is 0.357. The molecule has 0 bridgehead atoms. The van der Waals surface area contributed by atoms with Crippen molar-refractivity contribution in [3.63, 3.8) is 0 Å². The maximum Gasteiger partial charge on any atom is 0.232 e. The van der Waals surface area contributed by atoms with E-state index in [1.54, 1.807) is 11.0 Å². The van der Waals surface area contributed by atoms with E-state index in [1.165, 1.54) is 11.8 Å². The van der Waals surface area contributed by atoms with Gasteiger partial charge in [-0.05, 0) is 18.2 Å². The van der Waals surface area contributed by atoms with E-state index in [4.69, 9.17) is 16.3 Å². The van der Waals surface area contributed by atoms with Crippen LogP contribution >= 0.6 is 27.7 Å². The molecule has 5 nitrogen and oxygen atoms in total. The average molecular weight is 367 g/mol. The Morgan fingerprint density at radius 1 is 1.29 bits per heavy atom. The molecule has 21 heavy (non-hydrogen) atoms. The number of anilines is 1. The first-order chi connectivity index (χ1) is 10.1. The minimum atomic E-state index is -0.0900. The van der Waals surface area contributed by atoms with Crippen molar-refractivity contribution in [3.05, 3.63) is 22.7 Å². The molecule has 1 aromatic carbocycles. The number of rotatable bonds is 7. The summed E-state index contributed by atoms with van der Waals surface area (Å²) in [6.45, 7) is 0.709. The Morgan fingerprint density at radius 2 is 1.90 bits per heavy atom. The van der Waals surface area contributed by atoms with Crippen molar-refractivity contribution in [1.82, 2.24) is 4.90 Å². The molecule has 110 valence electrons. The fourth-order valence-electron chi connectivity index (χ4n) is 1.61. The number of carbonyl (C=O) groups excluding carboxylic acids is 1. The summed E-state index contributed by atoms with van der Waals surface area (Å²) in [5.74, 6) is 0.149. The van der Waals surface area contributed by atoms with Gasteiger partial charge >= 0.3 is 0 Å². The van der Waals surface area contributed by atoms with Crippen LogP contribution in [0.1, 0.15) is 12.8 Å². The SMILES string of the molecule is N#CCCN(CCC#N)C(=O)CSc1ccc(Br)cc1N. The number of nitrogens with zero attached hydrogens (tertiary/aromatic N) is 3. The Balaban J connectivity index is 2.60. The van der Waals surface area contributed by atoms with E-state index in [2.05, 4.69) is 15.9 Å². The predicted octanol–water partition coefficient (Wildman–Crippen LogP) is 2.78. The van der Waals surface area contributed by atoms with Gasteiger partial charge in [0.15, 0.2) is 0 Å². The Kier molecular flexibility index (Phi) is 7.66. The van der Waals surface area contributed by atoms with Gasteiger partial charge in [-0.25, -0.2) is 0 Å². The van der Waals surface area contributed by atoms with E-state index < -0.39 is 0 Å². The lowest BCUT2D eigenvalue weighted by Crippen LogP contribution is -2.34. The minimum Gasteiger partial charge on any atom is -0.398 e. The Hall–Kier alpha value is -1.70. The highest BCUT2D eigenvalue weighted by Crippen LogP contribution is 2.28. The maximum atomic E-state index is 12.1. The first-order valence-corrected chi connectivity index (χ1v) is 8.06. The highest BCUT2D eigenvalue weighted by Gasteiger charge is 2.14. The molecule has 0 unspecified atom stereocenters. The number of amides is 1. The monoisotopic (exact) mass is 366 g/mol. The van der Waals surface area contributed by atoms with Crippen molar-refractivity contribution in [1.29, 1.82) is 10.5 Å². The standard InChI is InChI=1S/C14H15BrN4OS/c15-11-3-4-13(12(18)9-11)21-10-14(20)19(7-1-5-16)8-2-6-17/h3-4,9H,1-2,7-8,10,18H2. The molecule has 0 saturated heterocycles. The average Bonchev–Trinajstić information content (AvgIpc) is 2.46. The van der Waals surface area contributed by atoms with Gasteiger partial charge in [0.1, 0.15) is 0 Å². The van der Waals surface area contributed by atoms with Gasteiger partial charge in [0.05, 0.1) is 30.7 Å².